The fraction of sp³-hybridized carbons (Fsp3) is 0.115. The number of benzene rings is 2. The largest absolute Gasteiger partial charge is 0.378 e. The molecule has 0 fully saturated rings. The first-order chi connectivity index (χ1) is 15.6. The molecule has 1 amide bonds. The van der Waals surface area contributed by atoms with Crippen LogP contribution in [0.4, 0.5) is 5.69 Å². The summed E-state index contributed by atoms with van der Waals surface area (Å²) in [7, 11) is 4.00. The smallest absolute Gasteiger partial charge is 0.244 e. The highest BCUT2D eigenvalue weighted by molar-refractivity contribution is 5.92. The first kappa shape index (κ1) is 21.1. The molecule has 2 aromatic heterocycles. The summed E-state index contributed by atoms with van der Waals surface area (Å²) < 4.78 is 1.81. The molecule has 0 saturated heterocycles. The number of aromatic nitrogens is 3. The van der Waals surface area contributed by atoms with Crippen molar-refractivity contribution in [1.82, 2.24) is 20.1 Å². The van der Waals surface area contributed by atoms with Crippen LogP contribution in [0.3, 0.4) is 0 Å². The van der Waals surface area contributed by atoms with E-state index >= 15 is 0 Å². The Morgan fingerprint density at radius 3 is 2.50 bits per heavy atom. The predicted octanol–water partition coefficient (Wildman–Crippen LogP) is 4.33. The number of carbonyl (C=O) groups excluding carboxylic acids is 1. The van der Waals surface area contributed by atoms with Crippen molar-refractivity contribution in [2.45, 2.75) is 6.54 Å². The molecular formula is C26H25N5O. The Balaban J connectivity index is 1.50. The monoisotopic (exact) mass is 423 g/mol. The number of anilines is 1. The topological polar surface area (TPSA) is 63.1 Å². The summed E-state index contributed by atoms with van der Waals surface area (Å²) in [6, 6.07) is 21.8. The molecule has 0 atom stereocenters. The molecule has 2 aromatic carbocycles. The van der Waals surface area contributed by atoms with Crippen molar-refractivity contribution >= 4 is 17.7 Å². The van der Waals surface area contributed by atoms with Gasteiger partial charge in [-0.2, -0.15) is 5.10 Å². The Kier molecular flexibility index (Phi) is 6.41. The van der Waals surface area contributed by atoms with Crippen LogP contribution in [0.25, 0.3) is 23.0 Å². The lowest BCUT2D eigenvalue weighted by molar-refractivity contribution is -0.116. The second-order valence-electron chi connectivity index (χ2n) is 7.57. The lowest BCUT2D eigenvalue weighted by Gasteiger charge is -2.12. The summed E-state index contributed by atoms with van der Waals surface area (Å²) in [5.41, 5.74) is 5.62. The van der Waals surface area contributed by atoms with E-state index in [1.165, 1.54) is 0 Å². The first-order valence-corrected chi connectivity index (χ1v) is 10.4. The van der Waals surface area contributed by atoms with Gasteiger partial charge in [-0.05, 0) is 48.0 Å². The molecule has 2 heterocycles. The standard InChI is InChI=1S/C26H25N5O/c1-30(2)23-13-10-20(11-14-23)17-28-25(32)15-12-22-19-31(24-8-4-3-5-9-24)29-26(22)21-7-6-16-27-18-21/h3-16,18-19H,17H2,1-2H3,(H,28,32)/b15-12+. The van der Waals surface area contributed by atoms with Gasteiger partial charge in [0.25, 0.3) is 0 Å². The third kappa shape index (κ3) is 5.10. The fourth-order valence-corrected chi connectivity index (χ4v) is 3.27. The van der Waals surface area contributed by atoms with Gasteiger partial charge in [0, 0.05) is 62.1 Å². The van der Waals surface area contributed by atoms with Gasteiger partial charge in [0.2, 0.25) is 5.91 Å². The van der Waals surface area contributed by atoms with Crippen molar-refractivity contribution in [3.8, 4) is 16.9 Å². The lowest BCUT2D eigenvalue weighted by atomic mass is 10.1. The molecule has 0 aliphatic carbocycles. The summed E-state index contributed by atoms with van der Waals surface area (Å²) in [5.74, 6) is -0.161. The average Bonchev–Trinajstić information content (AvgIpc) is 3.27. The number of pyridine rings is 1. The Morgan fingerprint density at radius 1 is 1.03 bits per heavy atom. The Bertz CT molecular complexity index is 1200. The van der Waals surface area contributed by atoms with E-state index in [1.807, 2.05) is 96.6 Å². The number of para-hydroxylation sites is 1. The number of rotatable bonds is 7. The van der Waals surface area contributed by atoms with Gasteiger partial charge < -0.3 is 10.2 Å². The van der Waals surface area contributed by atoms with Crippen LogP contribution in [0, 0.1) is 0 Å². The molecule has 6 heteroatoms. The minimum atomic E-state index is -0.161. The van der Waals surface area contributed by atoms with E-state index in [0.29, 0.717) is 6.54 Å². The highest BCUT2D eigenvalue weighted by Gasteiger charge is 2.11. The van der Waals surface area contributed by atoms with Crippen LogP contribution in [-0.4, -0.2) is 34.8 Å². The van der Waals surface area contributed by atoms with Gasteiger partial charge in [0.05, 0.1) is 5.69 Å². The van der Waals surface area contributed by atoms with Gasteiger partial charge in [0.1, 0.15) is 5.69 Å². The number of nitrogens with one attached hydrogen (secondary N) is 1. The highest BCUT2D eigenvalue weighted by atomic mass is 16.1. The van der Waals surface area contributed by atoms with Crippen LogP contribution in [-0.2, 0) is 11.3 Å². The molecule has 4 aromatic rings. The van der Waals surface area contributed by atoms with Crippen LogP contribution < -0.4 is 10.2 Å². The fourth-order valence-electron chi connectivity index (χ4n) is 3.27. The van der Waals surface area contributed by atoms with E-state index in [1.54, 1.807) is 24.5 Å². The van der Waals surface area contributed by atoms with Crippen LogP contribution in [0.1, 0.15) is 11.1 Å². The van der Waals surface area contributed by atoms with E-state index in [9.17, 15) is 4.79 Å². The van der Waals surface area contributed by atoms with Crippen molar-refractivity contribution in [3.63, 3.8) is 0 Å². The number of hydrogen-bond acceptors (Lipinski definition) is 4. The molecule has 0 bridgehead atoms. The van der Waals surface area contributed by atoms with E-state index < -0.39 is 0 Å². The average molecular weight is 424 g/mol. The molecule has 0 spiro atoms. The van der Waals surface area contributed by atoms with Gasteiger partial charge in [-0.25, -0.2) is 4.68 Å². The van der Waals surface area contributed by atoms with Crippen LogP contribution in [0.2, 0.25) is 0 Å². The van der Waals surface area contributed by atoms with Crippen LogP contribution >= 0.6 is 0 Å². The highest BCUT2D eigenvalue weighted by Crippen LogP contribution is 2.24. The molecular weight excluding hydrogens is 398 g/mol. The second kappa shape index (κ2) is 9.75. The summed E-state index contributed by atoms with van der Waals surface area (Å²) in [4.78, 5) is 18.7. The Morgan fingerprint density at radius 2 is 1.81 bits per heavy atom. The maximum absolute atomic E-state index is 12.4. The zero-order valence-electron chi connectivity index (χ0n) is 18.1. The van der Waals surface area contributed by atoms with E-state index in [-0.39, 0.29) is 5.91 Å². The SMILES string of the molecule is CN(C)c1ccc(CNC(=O)/C=C/c2cn(-c3ccccc3)nc2-c2cccnc2)cc1. The van der Waals surface area contributed by atoms with Gasteiger partial charge in [-0.3, -0.25) is 9.78 Å². The van der Waals surface area contributed by atoms with Crippen molar-refractivity contribution in [3.05, 3.63) is 103 Å². The molecule has 0 saturated carbocycles. The minimum Gasteiger partial charge on any atom is -0.378 e. The van der Waals surface area contributed by atoms with Crippen molar-refractivity contribution in [2.75, 3.05) is 19.0 Å². The van der Waals surface area contributed by atoms with Crippen molar-refractivity contribution in [2.24, 2.45) is 0 Å². The summed E-state index contributed by atoms with van der Waals surface area (Å²) in [5, 5.41) is 7.67. The van der Waals surface area contributed by atoms with Crippen molar-refractivity contribution in [1.29, 1.82) is 0 Å². The minimum absolute atomic E-state index is 0.161. The molecule has 4 rings (SSSR count). The van der Waals surface area contributed by atoms with E-state index in [2.05, 4.69) is 10.3 Å². The number of carbonyl (C=O) groups is 1. The van der Waals surface area contributed by atoms with E-state index in [0.717, 1.165) is 33.8 Å². The molecule has 1 N–H and O–H groups in total. The van der Waals surface area contributed by atoms with Crippen LogP contribution in [0.5, 0.6) is 0 Å². The lowest BCUT2D eigenvalue weighted by Crippen LogP contribution is -2.20. The quantitative estimate of drug-likeness (QED) is 0.450. The molecule has 6 nitrogen and oxygen atoms in total. The molecule has 0 aliphatic heterocycles. The van der Waals surface area contributed by atoms with Gasteiger partial charge in [0.15, 0.2) is 0 Å². The normalized spacial score (nSPS) is 10.9. The third-order valence-corrected chi connectivity index (χ3v) is 5.03. The number of nitrogens with zero attached hydrogens (tertiary/aromatic N) is 4. The van der Waals surface area contributed by atoms with Gasteiger partial charge in [-0.1, -0.05) is 30.3 Å². The molecule has 160 valence electrons. The maximum Gasteiger partial charge on any atom is 0.244 e. The zero-order valence-corrected chi connectivity index (χ0v) is 18.1. The Hall–Kier alpha value is -4.19. The molecule has 32 heavy (non-hydrogen) atoms. The van der Waals surface area contributed by atoms with E-state index in [4.69, 9.17) is 5.10 Å². The number of amides is 1. The molecule has 0 radical (unpaired) electrons. The predicted molar refractivity (Wildman–Crippen MR) is 128 cm³/mol. The van der Waals surface area contributed by atoms with Crippen LogP contribution in [0.15, 0.2) is 91.4 Å². The third-order valence-electron chi connectivity index (χ3n) is 5.03. The molecule has 0 aliphatic rings. The number of hydrogen-bond donors (Lipinski definition) is 1. The maximum atomic E-state index is 12.4. The second-order valence-corrected chi connectivity index (χ2v) is 7.57. The van der Waals surface area contributed by atoms with Crippen molar-refractivity contribution < 1.29 is 4.79 Å². The zero-order chi connectivity index (χ0) is 22.3. The summed E-state index contributed by atoms with van der Waals surface area (Å²) in [6.07, 6.45) is 8.75. The first-order valence-electron chi connectivity index (χ1n) is 10.4. The Labute approximate surface area is 187 Å². The summed E-state index contributed by atoms with van der Waals surface area (Å²) in [6.45, 7) is 0.468. The van der Waals surface area contributed by atoms with Gasteiger partial charge in [-0.15, -0.1) is 0 Å². The molecule has 0 unspecified atom stereocenters. The van der Waals surface area contributed by atoms with Gasteiger partial charge >= 0.3 is 0 Å². The summed E-state index contributed by atoms with van der Waals surface area (Å²) >= 11 is 0.